The topological polar surface area (TPSA) is 89.8 Å². The molecule has 1 aliphatic heterocycles. The molecule has 3 aliphatic carbocycles. The van der Waals surface area contributed by atoms with Crippen molar-refractivity contribution >= 4 is 23.2 Å². The number of benzene rings is 3. The molecule has 2 bridgehead atoms. The van der Waals surface area contributed by atoms with E-state index in [1.165, 1.54) is 30.2 Å². The minimum atomic E-state index is -0.665. The minimum absolute atomic E-state index is 0.122. The zero-order valence-corrected chi connectivity index (χ0v) is 18.0. The van der Waals surface area contributed by atoms with Gasteiger partial charge in [0.1, 0.15) is 5.75 Å². The fourth-order valence-electron chi connectivity index (χ4n) is 6.35. The monoisotopic (exact) mass is 440 g/mol. The molecule has 164 valence electrons. The second-order valence-electron chi connectivity index (χ2n) is 8.98. The lowest BCUT2D eigenvalue weighted by molar-refractivity contribution is -0.384. The van der Waals surface area contributed by atoms with Crippen LogP contribution < -0.4 is 9.64 Å². The van der Waals surface area contributed by atoms with Crippen LogP contribution in [0.15, 0.2) is 66.7 Å². The van der Waals surface area contributed by atoms with Gasteiger partial charge in [-0.3, -0.25) is 19.7 Å². The van der Waals surface area contributed by atoms with Crippen molar-refractivity contribution in [3.05, 3.63) is 99.1 Å². The first-order chi connectivity index (χ1) is 15.9. The molecule has 3 aromatic rings. The van der Waals surface area contributed by atoms with Crippen LogP contribution in [0.4, 0.5) is 11.4 Å². The number of nitro groups is 1. The fourth-order valence-corrected chi connectivity index (χ4v) is 6.35. The Morgan fingerprint density at radius 3 is 2.12 bits per heavy atom. The first kappa shape index (κ1) is 19.7. The van der Waals surface area contributed by atoms with Gasteiger partial charge in [-0.05, 0) is 28.3 Å². The zero-order valence-electron chi connectivity index (χ0n) is 18.0. The highest BCUT2D eigenvalue weighted by Crippen LogP contribution is 2.64. The molecule has 0 spiro atoms. The van der Waals surface area contributed by atoms with E-state index in [0.717, 1.165) is 22.3 Å². The van der Waals surface area contributed by atoms with Gasteiger partial charge in [0.25, 0.3) is 5.69 Å². The van der Waals surface area contributed by atoms with Crippen LogP contribution in [0.5, 0.6) is 5.75 Å². The number of non-ortho nitro benzene ring substituents is 1. The number of hydrogen-bond donors (Lipinski definition) is 0. The quantitative estimate of drug-likeness (QED) is 0.346. The maximum atomic E-state index is 14.0. The number of carbonyl (C=O) groups is 2. The Morgan fingerprint density at radius 2 is 1.55 bits per heavy atom. The largest absolute Gasteiger partial charge is 0.494 e. The van der Waals surface area contributed by atoms with Crippen molar-refractivity contribution in [3.8, 4) is 5.75 Å². The normalized spacial score (nSPS) is 26.6. The Labute approximate surface area is 189 Å². The van der Waals surface area contributed by atoms with Crippen LogP contribution in [0.25, 0.3) is 0 Å². The van der Waals surface area contributed by atoms with Gasteiger partial charge in [-0.15, -0.1) is 0 Å². The smallest absolute Gasteiger partial charge is 0.273 e. The molecule has 2 amide bonds. The highest BCUT2D eigenvalue weighted by Gasteiger charge is 2.66. The van der Waals surface area contributed by atoms with Gasteiger partial charge in [0.2, 0.25) is 11.8 Å². The lowest BCUT2D eigenvalue weighted by Crippen LogP contribution is -2.51. The van der Waals surface area contributed by atoms with Crippen LogP contribution in [0.1, 0.15) is 35.1 Å². The van der Waals surface area contributed by atoms with Crippen molar-refractivity contribution in [2.45, 2.75) is 18.3 Å². The van der Waals surface area contributed by atoms with E-state index < -0.39 is 22.2 Å². The van der Waals surface area contributed by atoms with Crippen LogP contribution in [0.3, 0.4) is 0 Å². The number of nitrogens with zero attached hydrogens (tertiary/aromatic N) is 2. The van der Waals surface area contributed by atoms with Crippen molar-refractivity contribution < 1.29 is 19.2 Å². The molecule has 3 aromatic carbocycles. The van der Waals surface area contributed by atoms with Gasteiger partial charge >= 0.3 is 0 Å². The average molecular weight is 440 g/mol. The Bertz CT molecular complexity index is 1330. The van der Waals surface area contributed by atoms with Crippen molar-refractivity contribution in [2.24, 2.45) is 11.8 Å². The molecule has 0 saturated carbocycles. The maximum absolute atomic E-state index is 14.0. The van der Waals surface area contributed by atoms with E-state index in [-0.39, 0.29) is 34.9 Å². The lowest BCUT2D eigenvalue weighted by atomic mass is 9.48. The second-order valence-corrected chi connectivity index (χ2v) is 8.98. The van der Waals surface area contributed by atoms with E-state index in [2.05, 4.69) is 31.2 Å². The summed E-state index contributed by atoms with van der Waals surface area (Å²) in [5.74, 6) is -1.82. The zero-order chi connectivity index (χ0) is 23.1. The maximum Gasteiger partial charge on any atom is 0.273 e. The summed E-state index contributed by atoms with van der Waals surface area (Å²) >= 11 is 0. The highest BCUT2D eigenvalue weighted by atomic mass is 16.6. The third-order valence-electron chi connectivity index (χ3n) is 7.66. The van der Waals surface area contributed by atoms with E-state index in [1.807, 2.05) is 24.3 Å². The summed E-state index contributed by atoms with van der Waals surface area (Å²) in [5, 5.41) is 11.2. The summed E-state index contributed by atoms with van der Waals surface area (Å²) < 4.78 is 5.37. The molecule has 0 aromatic heterocycles. The predicted molar refractivity (Wildman–Crippen MR) is 120 cm³/mol. The van der Waals surface area contributed by atoms with Crippen molar-refractivity contribution in [1.29, 1.82) is 0 Å². The molecule has 7 nitrogen and oxygen atoms in total. The molecule has 1 saturated heterocycles. The van der Waals surface area contributed by atoms with Gasteiger partial charge in [0.05, 0.1) is 35.6 Å². The van der Waals surface area contributed by atoms with Crippen molar-refractivity contribution in [2.75, 3.05) is 12.0 Å². The number of hydrogen-bond acceptors (Lipinski definition) is 5. The molecule has 1 heterocycles. The van der Waals surface area contributed by atoms with Crippen LogP contribution >= 0.6 is 0 Å². The summed E-state index contributed by atoms with van der Waals surface area (Å²) in [4.78, 5) is 39.7. The van der Waals surface area contributed by atoms with Gasteiger partial charge in [-0.2, -0.15) is 0 Å². The Balaban J connectivity index is 1.57. The molecule has 33 heavy (non-hydrogen) atoms. The number of ether oxygens (including phenoxy) is 1. The highest BCUT2D eigenvalue weighted by molar-refractivity contribution is 6.24. The number of methoxy groups -OCH3 is 1. The Kier molecular flexibility index (Phi) is 3.88. The van der Waals surface area contributed by atoms with Crippen molar-refractivity contribution in [1.82, 2.24) is 0 Å². The third kappa shape index (κ3) is 2.29. The molecule has 4 aliphatic rings. The van der Waals surface area contributed by atoms with Crippen LogP contribution in [0, 0.1) is 22.0 Å². The fraction of sp³-hybridized carbons (Fsp3) is 0.231. The van der Waals surface area contributed by atoms with E-state index in [0.29, 0.717) is 0 Å². The number of rotatable bonds is 3. The summed E-state index contributed by atoms with van der Waals surface area (Å²) in [6.45, 7) is 2.06. The number of anilines is 1. The first-order valence-corrected chi connectivity index (χ1v) is 10.8. The minimum Gasteiger partial charge on any atom is -0.494 e. The molecule has 0 unspecified atom stereocenters. The second kappa shape index (κ2) is 6.51. The molecule has 0 N–H and O–H groups in total. The molecule has 0 radical (unpaired) electrons. The SMILES string of the molecule is COc1cc([N+](=O)[O-])ccc1N1C(=O)[C@@H]2C3c4ccccc4C(C)(c4ccccc43)[C@H]2C1=O. The van der Waals surface area contributed by atoms with Gasteiger partial charge in [0, 0.05) is 17.4 Å². The van der Waals surface area contributed by atoms with E-state index in [4.69, 9.17) is 4.74 Å². The molecular weight excluding hydrogens is 420 g/mol. The summed E-state index contributed by atoms with van der Waals surface area (Å²) in [5.41, 5.74) is 3.73. The molecule has 1 fully saturated rings. The first-order valence-electron chi connectivity index (χ1n) is 10.8. The van der Waals surface area contributed by atoms with E-state index in [9.17, 15) is 19.7 Å². The molecular formula is C26H20N2O5. The van der Waals surface area contributed by atoms with E-state index >= 15 is 0 Å². The summed E-state index contributed by atoms with van der Waals surface area (Å²) in [6.07, 6.45) is 0. The number of amides is 2. The summed E-state index contributed by atoms with van der Waals surface area (Å²) in [7, 11) is 1.37. The van der Waals surface area contributed by atoms with E-state index in [1.54, 1.807) is 0 Å². The Morgan fingerprint density at radius 1 is 0.939 bits per heavy atom. The number of carbonyl (C=O) groups excluding carboxylic acids is 2. The summed E-state index contributed by atoms with van der Waals surface area (Å²) in [6, 6.07) is 20.1. The van der Waals surface area contributed by atoms with Gasteiger partial charge in [-0.1, -0.05) is 55.5 Å². The standard InChI is InChI=1S/C26H20N2O5/c1-26-17-9-5-3-7-15(17)21(16-8-4-6-10-18(16)26)22-23(26)25(30)27(24(22)29)19-12-11-14(28(31)32)13-20(19)33-2/h3-13,21-23H,1-2H3/t21?,22-,23-,26?/m1/s1. The molecule has 7 heteroatoms. The lowest BCUT2D eigenvalue weighted by Gasteiger charge is -2.52. The molecule has 7 rings (SSSR count). The number of imide groups is 1. The van der Waals surface area contributed by atoms with Crippen molar-refractivity contribution in [3.63, 3.8) is 0 Å². The number of nitro benzene ring substituents is 1. The molecule has 2 atom stereocenters. The van der Waals surface area contributed by atoms with Crippen LogP contribution in [-0.4, -0.2) is 23.8 Å². The van der Waals surface area contributed by atoms with Crippen LogP contribution in [0.2, 0.25) is 0 Å². The average Bonchev–Trinajstić information content (AvgIpc) is 3.10. The Hall–Kier alpha value is -4.00. The van der Waals surface area contributed by atoms with Gasteiger partial charge in [0.15, 0.2) is 0 Å². The van der Waals surface area contributed by atoms with Gasteiger partial charge < -0.3 is 4.74 Å². The van der Waals surface area contributed by atoms with Crippen LogP contribution in [-0.2, 0) is 15.0 Å². The third-order valence-corrected chi connectivity index (χ3v) is 7.66. The van der Waals surface area contributed by atoms with Gasteiger partial charge in [-0.25, -0.2) is 4.90 Å². The predicted octanol–water partition coefficient (Wildman–Crippen LogP) is 4.17.